The lowest BCUT2D eigenvalue weighted by molar-refractivity contribution is -0.145. The number of alkyl halides is 1. The Balaban J connectivity index is 2.87. The van der Waals surface area contributed by atoms with Crippen molar-refractivity contribution in [1.29, 1.82) is 0 Å². The van der Waals surface area contributed by atoms with Crippen molar-refractivity contribution in [2.24, 2.45) is 0 Å². The van der Waals surface area contributed by atoms with Crippen LogP contribution in [0.25, 0.3) is 0 Å². The zero-order valence-corrected chi connectivity index (χ0v) is 11.5. The first-order valence-electron chi connectivity index (χ1n) is 5.41. The zero-order valence-electron chi connectivity index (χ0n) is 9.87. The lowest BCUT2D eigenvalue weighted by Crippen LogP contribution is -2.35. The molecule has 0 aliphatic carbocycles. The average molecular weight is 285 g/mol. The highest BCUT2D eigenvalue weighted by Crippen LogP contribution is 2.36. The topological polar surface area (TPSA) is 26.3 Å². The van der Waals surface area contributed by atoms with E-state index in [2.05, 4.69) is 15.9 Å². The van der Waals surface area contributed by atoms with Gasteiger partial charge in [0.1, 0.15) is 4.32 Å². The summed E-state index contributed by atoms with van der Waals surface area (Å²) in [7, 11) is 0. The van der Waals surface area contributed by atoms with Crippen LogP contribution in [-0.2, 0) is 9.53 Å². The van der Waals surface area contributed by atoms with Gasteiger partial charge in [-0.2, -0.15) is 0 Å². The third kappa shape index (κ3) is 2.85. The molecule has 2 nitrogen and oxygen atoms in total. The molecule has 0 heterocycles. The van der Waals surface area contributed by atoms with Crippen molar-refractivity contribution in [1.82, 2.24) is 0 Å². The van der Waals surface area contributed by atoms with E-state index in [1.807, 2.05) is 51.1 Å². The third-order valence-electron chi connectivity index (χ3n) is 2.79. The summed E-state index contributed by atoms with van der Waals surface area (Å²) in [5, 5.41) is 0. The molecule has 0 amide bonds. The van der Waals surface area contributed by atoms with Crippen LogP contribution in [0.5, 0.6) is 0 Å². The van der Waals surface area contributed by atoms with Crippen molar-refractivity contribution in [3.8, 4) is 0 Å². The van der Waals surface area contributed by atoms with Gasteiger partial charge in [0.05, 0.1) is 6.61 Å². The third-order valence-corrected chi connectivity index (χ3v) is 3.80. The fraction of sp³-hybridized carbons (Fsp3) is 0.462. The summed E-state index contributed by atoms with van der Waals surface area (Å²) in [5.74, 6) is -0.154. The van der Waals surface area contributed by atoms with Crippen LogP contribution >= 0.6 is 15.9 Å². The molecular weight excluding hydrogens is 268 g/mol. The number of benzene rings is 1. The van der Waals surface area contributed by atoms with Crippen LogP contribution in [-0.4, -0.2) is 16.9 Å². The Labute approximate surface area is 105 Å². The fourth-order valence-electron chi connectivity index (χ4n) is 1.50. The highest BCUT2D eigenvalue weighted by Gasteiger charge is 2.38. The molecule has 1 aromatic carbocycles. The minimum Gasteiger partial charge on any atom is -0.465 e. The smallest absolute Gasteiger partial charge is 0.323 e. The molecule has 0 aromatic heterocycles. The van der Waals surface area contributed by atoms with E-state index in [1.165, 1.54) is 0 Å². The summed E-state index contributed by atoms with van der Waals surface area (Å²) in [6, 6.07) is 9.94. The molecule has 88 valence electrons. The fourth-order valence-corrected chi connectivity index (χ4v) is 1.88. The Hall–Kier alpha value is -0.830. The number of rotatable bonds is 4. The van der Waals surface area contributed by atoms with Gasteiger partial charge in [-0.3, -0.25) is 4.79 Å². The first-order valence-corrected chi connectivity index (χ1v) is 6.20. The van der Waals surface area contributed by atoms with Crippen molar-refractivity contribution >= 4 is 21.9 Å². The maximum Gasteiger partial charge on any atom is 0.323 e. The average Bonchev–Trinajstić information content (AvgIpc) is 2.29. The van der Waals surface area contributed by atoms with Crippen LogP contribution in [0, 0.1) is 0 Å². The maximum absolute atomic E-state index is 11.8. The van der Waals surface area contributed by atoms with Crippen LogP contribution in [0.4, 0.5) is 0 Å². The number of carbonyl (C=O) groups is 1. The molecule has 2 atom stereocenters. The molecule has 0 fully saturated rings. The van der Waals surface area contributed by atoms with Crippen LogP contribution in [0.3, 0.4) is 0 Å². The number of hydrogen-bond donors (Lipinski definition) is 0. The van der Waals surface area contributed by atoms with Crippen molar-refractivity contribution in [2.45, 2.75) is 31.0 Å². The van der Waals surface area contributed by atoms with Crippen LogP contribution in [0.15, 0.2) is 30.3 Å². The second-order valence-electron chi connectivity index (χ2n) is 3.93. The molecule has 1 rings (SSSR count). The van der Waals surface area contributed by atoms with Gasteiger partial charge in [-0.25, -0.2) is 0 Å². The molecule has 0 aliphatic heterocycles. The zero-order chi connectivity index (χ0) is 12.2. The predicted molar refractivity (Wildman–Crippen MR) is 68.8 cm³/mol. The van der Waals surface area contributed by atoms with Crippen LogP contribution < -0.4 is 0 Å². The summed E-state index contributed by atoms with van der Waals surface area (Å²) in [6.45, 7) is 6.08. The van der Waals surface area contributed by atoms with Gasteiger partial charge in [0.15, 0.2) is 0 Å². The van der Waals surface area contributed by atoms with Gasteiger partial charge in [-0.05, 0) is 19.4 Å². The standard InChI is InChI=1S/C13H17BrO2/c1-4-16-12(15)13(3,14)10(2)11-8-6-5-7-9-11/h5-10H,4H2,1-3H3. The molecule has 0 bridgehead atoms. The highest BCUT2D eigenvalue weighted by atomic mass is 79.9. The summed E-state index contributed by atoms with van der Waals surface area (Å²) in [4.78, 5) is 11.8. The Morgan fingerprint density at radius 2 is 2.00 bits per heavy atom. The van der Waals surface area contributed by atoms with Gasteiger partial charge >= 0.3 is 5.97 Å². The van der Waals surface area contributed by atoms with E-state index >= 15 is 0 Å². The van der Waals surface area contributed by atoms with Gasteiger partial charge in [0, 0.05) is 5.92 Å². The minimum atomic E-state index is -0.676. The van der Waals surface area contributed by atoms with Gasteiger partial charge in [-0.1, -0.05) is 53.2 Å². The van der Waals surface area contributed by atoms with E-state index in [1.54, 1.807) is 0 Å². The van der Waals surface area contributed by atoms with E-state index in [0.717, 1.165) is 5.56 Å². The maximum atomic E-state index is 11.8. The molecule has 0 saturated heterocycles. The molecular formula is C13H17BrO2. The Kier molecular flexibility index (Phi) is 4.54. The SMILES string of the molecule is CCOC(=O)C(C)(Br)C(C)c1ccccc1. The highest BCUT2D eigenvalue weighted by molar-refractivity contribution is 9.10. The lowest BCUT2D eigenvalue weighted by atomic mass is 9.89. The van der Waals surface area contributed by atoms with Crippen molar-refractivity contribution in [3.63, 3.8) is 0 Å². The Bertz CT molecular complexity index is 346. The molecule has 0 radical (unpaired) electrons. The van der Waals surface area contributed by atoms with E-state index in [-0.39, 0.29) is 11.9 Å². The molecule has 3 heteroatoms. The number of carbonyl (C=O) groups excluding carboxylic acids is 1. The molecule has 2 unspecified atom stereocenters. The lowest BCUT2D eigenvalue weighted by Gasteiger charge is -2.27. The Morgan fingerprint density at radius 1 is 1.44 bits per heavy atom. The molecule has 0 spiro atoms. The van der Waals surface area contributed by atoms with Crippen LogP contribution in [0.2, 0.25) is 0 Å². The number of halogens is 1. The first-order chi connectivity index (χ1) is 7.50. The van der Waals surface area contributed by atoms with Gasteiger partial charge in [0.25, 0.3) is 0 Å². The van der Waals surface area contributed by atoms with Crippen molar-refractivity contribution in [3.05, 3.63) is 35.9 Å². The minimum absolute atomic E-state index is 0.0627. The van der Waals surface area contributed by atoms with Crippen molar-refractivity contribution < 1.29 is 9.53 Å². The van der Waals surface area contributed by atoms with E-state index < -0.39 is 4.32 Å². The first kappa shape index (κ1) is 13.2. The summed E-state index contributed by atoms with van der Waals surface area (Å²) in [5.41, 5.74) is 1.12. The molecule has 16 heavy (non-hydrogen) atoms. The van der Waals surface area contributed by atoms with E-state index in [4.69, 9.17) is 4.74 Å². The largest absolute Gasteiger partial charge is 0.465 e. The van der Waals surface area contributed by atoms with Gasteiger partial charge in [0.2, 0.25) is 0 Å². The number of hydrogen-bond acceptors (Lipinski definition) is 2. The number of esters is 1. The second kappa shape index (κ2) is 5.48. The second-order valence-corrected chi connectivity index (χ2v) is 5.58. The summed E-state index contributed by atoms with van der Waals surface area (Å²) >= 11 is 3.48. The number of ether oxygens (including phenoxy) is 1. The monoisotopic (exact) mass is 284 g/mol. The molecule has 0 aliphatic rings. The predicted octanol–water partition coefficient (Wildman–Crippen LogP) is 3.51. The molecule has 0 N–H and O–H groups in total. The quantitative estimate of drug-likeness (QED) is 0.625. The normalized spacial score (nSPS) is 16.2. The Morgan fingerprint density at radius 3 is 2.50 bits per heavy atom. The molecule has 0 saturated carbocycles. The van der Waals surface area contributed by atoms with E-state index in [0.29, 0.717) is 6.61 Å². The van der Waals surface area contributed by atoms with Crippen LogP contribution in [0.1, 0.15) is 32.3 Å². The molecule has 1 aromatic rings. The summed E-state index contributed by atoms with van der Waals surface area (Å²) < 4.78 is 4.39. The van der Waals surface area contributed by atoms with E-state index in [9.17, 15) is 4.79 Å². The van der Waals surface area contributed by atoms with Gasteiger partial charge in [-0.15, -0.1) is 0 Å². The van der Waals surface area contributed by atoms with Crippen molar-refractivity contribution in [2.75, 3.05) is 6.61 Å². The summed E-state index contributed by atoms with van der Waals surface area (Å²) in [6.07, 6.45) is 0. The van der Waals surface area contributed by atoms with Gasteiger partial charge < -0.3 is 4.74 Å².